The lowest BCUT2D eigenvalue weighted by atomic mass is 9.96. The van der Waals surface area contributed by atoms with Gasteiger partial charge in [0.05, 0.1) is 17.2 Å². The molecule has 6 heteroatoms. The lowest BCUT2D eigenvalue weighted by Crippen LogP contribution is -2.45. The summed E-state index contributed by atoms with van der Waals surface area (Å²) in [4.78, 5) is 38.9. The molecule has 6 nitrogen and oxygen atoms in total. The van der Waals surface area contributed by atoms with E-state index >= 15 is 0 Å². The van der Waals surface area contributed by atoms with Crippen LogP contribution < -0.4 is 10.6 Å². The molecule has 0 aliphatic carbocycles. The Hall–Kier alpha value is -2.63. The van der Waals surface area contributed by atoms with Crippen molar-refractivity contribution in [2.45, 2.75) is 26.7 Å². The van der Waals surface area contributed by atoms with Gasteiger partial charge >= 0.3 is 0 Å². The molecule has 1 aliphatic heterocycles. The molecule has 0 saturated carbocycles. The largest absolute Gasteiger partial charge is 0.349 e. The van der Waals surface area contributed by atoms with E-state index in [0.717, 1.165) is 12.8 Å². The normalized spacial score (nSPS) is 16.9. The maximum Gasteiger partial charge on any atom is 0.253 e. The first-order valence-corrected chi connectivity index (χ1v) is 9.01. The minimum absolute atomic E-state index is 0.0757. The topological polar surface area (TPSA) is 78.5 Å². The summed E-state index contributed by atoms with van der Waals surface area (Å²) >= 11 is 0. The van der Waals surface area contributed by atoms with Crippen molar-refractivity contribution in [2.24, 2.45) is 11.8 Å². The highest BCUT2D eigenvalue weighted by Crippen LogP contribution is 2.22. The molecule has 1 fully saturated rings. The van der Waals surface area contributed by atoms with Gasteiger partial charge in [-0.1, -0.05) is 32.1 Å². The van der Waals surface area contributed by atoms with Gasteiger partial charge in [-0.2, -0.15) is 0 Å². The van der Waals surface area contributed by atoms with Gasteiger partial charge in [0, 0.05) is 25.6 Å². The Kier molecular flexibility index (Phi) is 6.95. The summed E-state index contributed by atoms with van der Waals surface area (Å²) in [6.07, 6.45) is 3.14. The number of benzene rings is 1. The zero-order chi connectivity index (χ0) is 19.1. The van der Waals surface area contributed by atoms with E-state index in [4.69, 9.17) is 0 Å². The molecular formula is C20H27N3O3. The summed E-state index contributed by atoms with van der Waals surface area (Å²) < 4.78 is 0. The number of hydrogen-bond acceptors (Lipinski definition) is 3. The van der Waals surface area contributed by atoms with E-state index in [0.29, 0.717) is 30.9 Å². The van der Waals surface area contributed by atoms with Crippen molar-refractivity contribution in [3.8, 4) is 0 Å². The van der Waals surface area contributed by atoms with E-state index in [1.165, 1.54) is 0 Å². The van der Waals surface area contributed by atoms with Crippen molar-refractivity contribution in [1.29, 1.82) is 0 Å². The number of piperidine rings is 1. The quantitative estimate of drug-likeness (QED) is 0.768. The highest BCUT2D eigenvalue weighted by molar-refractivity contribution is 6.04. The summed E-state index contributed by atoms with van der Waals surface area (Å²) in [5, 5.41) is 5.58. The molecule has 1 aromatic rings. The zero-order valence-corrected chi connectivity index (χ0v) is 15.5. The standard InChI is InChI=1S/C20H27N3O3/c1-4-11-21-19(25)16-9-5-6-10-17(16)22-18(24)15-8-7-12-23(13-15)20(26)14(2)3/h4-6,9-10,14-15H,1,7-8,11-13H2,2-3H3,(H,21,25)(H,22,24)/t15-/m1/s1. The summed E-state index contributed by atoms with van der Waals surface area (Å²) in [5.41, 5.74) is 0.889. The Morgan fingerprint density at radius 1 is 1.31 bits per heavy atom. The van der Waals surface area contributed by atoms with E-state index in [2.05, 4.69) is 17.2 Å². The number of nitrogens with zero attached hydrogens (tertiary/aromatic N) is 1. The highest BCUT2D eigenvalue weighted by atomic mass is 16.2. The maximum absolute atomic E-state index is 12.7. The van der Waals surface area contributed by atoms with Crippen LogP contribution in [0.1, 0.15) is 37.0 Å². The number of carbonyl (C=O) groups excluding carboxylic acids is 3. The molecule has 1 atom stereocenters. The van der Waals surface area contributed by atoms with Gasteiger partial charge in [0.25, 0.3) is 5.91 Å². The van der Waals surface area contributed by atoms with Crippen LogP contribution in [0.4, 0.5) is 5.69 Å². The Morgan fingerprint density at radius 2 is 2.04 bits per heavy atom. The Balaban J connectivity index is 2.06. The van der Waals surface area contributed by atoms with Gasteiger partial charge in [-0.15, -0.1) is 6.58 Å². The molecule has 3 amide bonds. The second kappa shape index (κ2) is 9.17. The average Bonchev–Trinajstić information content (AvgIpc) is 2.65. The van der Waals surface area contributed by atoms with Gasteiger partial charge in [-0.25, -0.2) is 0 Å². The first-order valence-electron chi connectivity index (χ1n) is 9.01. The average molecular weight is 357 g/mol. The summed E-state index contributed by atoms with van der Waals surface area (Å²) in [6, 6.07) is 6.90. The van der Waals surface area contributed by atoms with Crippen molar-refractivity contribution >= 4 is 23.4 Å². The fraction of sp³-hybridized carbons (Fsp3) is 0.450. The molecule has 0 spiro atoms. The monoisotopic (exact) mass is 357 g/mol. The summed E-state index contributed by atoms with van der Waals surface area (Å²) in [6.45, 7) is 8.78. The van der Waals surface area contributed by atoms with E-state index in [1.807, 2.05) is 13.8 Å². The first-order chi connectivity index (χ1) is 12.4. The molecule has 0 unspecified atom stereocenters. The van der Waals surface area contributed by atoms with Crippen LogP contribution in [0, 0.1) is 11.8 Å². The number of likely N-dealkylation sites (tertiary alicyclic amines) is 1. The third-order valence-electron chi connectivity index (χ3n) is 4.43. The lowest BCUT2D eigenvalue weighted by molar-refractivity contribution is -0.137. The van der Waals surface area contributed by atoms with E-state index < -0.39 is 0 Å². The third kappa shape index (κ3) is 4.94. The molecule has 2 N–H and O–H groups in total. The second-order valence-electron chi connectivity index (χ2n) is 6.81. The first kappa shape index (κ1) is 19.7. The molecule has 0 radical (unpaired) electrons. The number of amides is 3. The molecule has 1 aromatic carbocycles. The molecule has 1 saturated heterocycles. The summed E-state index contributed by atoms with van der Waals surface area (Å²) in [5.74, 6) is -0.690. The Bertz CT molecular complexity index is 685. The second-order valence-corrected chi connectivity index (χ2v) is 6.81. The van der Waals surface area contributed by atoms with Gasteiger partial charge in [0.15, 0.2) is 0 Å². The van der Waals surface area contributed by atoms with Crippen molar-refractivity contribution in [1.82, 2.24) is 10.2 Å². The van der Waals surface area contributed by atoms with Crippen LogP contribution in [0.5, 0.6) is 0 Å². The molecule has 0 bridgehead atoms. The summed E-state index contributed by atoms with van der Waals surface area (Å²) in [7, 11) is 0. The molecule has 1 heterocycles. The fourth-order valence-electron chi connectivity index (χ4n) is 3.04. The van der Waals surface area contributed by atoms with E-state index in [1.54, 1.807) is 35.2 Å². The van der Waals surface area contributed by atoms with Gasteiger partial charge in [-0.3, -0.25) is 14.4 Å². The van der Waals surface area contributed by atoms with Gasteiger partial charge in [0.2, 0.25) is 11.8 Å². The fourth-order valence-corrected chi connectivity index (χ4v) is 3.04. The van der Waals surface area contributed by atoms with E-state index in [9.17, 15) is 14.4 Å². The SMILES string of the molecule is C=CCNC(=O)c1ccccc1NC(=O)[C@@H]1CCCN(C(=O)C(C)C)C1. The highest BCUT2D eigenvalue weighted by Gasteiger charge is 2.29. The van der Waals surface area contributed by atoms with Crippen LogP contribution in [-0.2, 0) is 9.59 Å². The van der Waals surface area contributed by atoms with Gasteiger partial charge < -0.3 is 15.5 Å². The number of carbonyl (C=O) groups is 3. The predicted octanol–water partition coefficient (Wildman–Crippen LogP) is 2.44. The van der Waals surface area contributed by atoms with Crippen molar-refractivity contribution in [3.63, 3.8) is 0 Å². The molecule has 1 aliphatic rings. The van der Waals surface area contributed by atoms with Crippen LogP contribution in [0.2, 0.25) is 0 Å². The minimum atomic E-state index is -0.268. The molecule has 0 aromatic heterocycles. The Morgan fingerprint density at radius 3 is 2.73 bits per heavy atom. The number of rotatable bonds is 6. The van der Waals surface area contributed by atoms with Crippen LogP contribution >= 0.6 is 0 Å². The van der Waals surface area contributed by atoms with Crippen LogP contribution in [0.15, 0.2) is 36.9 Å². The number of nitrogens with one attached hydrogen (secondary N) is 2. The number of anilines is 1. The van der Waals surface area contributed by atoms with Crippen molar-refractivity contribution < 1.29 is 14.4 Å². The molecule has 2 rings (SSSR count). The lowest BCUT2D eigenvalue weighted by Gasteiger charge is -2.33. The minimum Gasteiger partial charge on any atom is -0.349 e. The van der Waals surface area contributed by atoms with Gasteiger partial charge in [0.1, 0.15) is 0 Å². The van der Waals surface area contributed by atoms with E-state index in [-0.39, 0.29) is 29.6 Å². The zero-order valence-electron chi connectivity index (χ0n) is 15.5. The molecule has 140 valence electrons. The number of para-hydroxylation sites is 1. The van der Waals surface area contributed by atoms with Crippen LogP contribution in [0.3, 0.4) is 0 Å². The smallest absolute Gasteiger partial charge is 0.253 e. The van der Waals surface area contributed by atoms with Crippen LogP contribution in [-0.4, -0.2) is 42.3 Å². The van der Waals surface area contributed by atoms with Crippen molar-refractivity contribution in [3.05, 3.63) is 42.5 Å². The third-order valence-corrected chi connectivity index (χ3v) is 4.43. The van der Waals surface area contributed by atoms with Crippen molar-refractivity contribution in [2.75, 3.05) is 25.0 Å². The molecule has 26 heavy (non-hydrogen) atoms. The Labute approximate surface area is 154 Å². The number of hydrogen-bond donors (Lipinski definition) is 2. The van der Waals surface area contributed by atoms with Crippen LogP contribution in [0.25, 0.3) is 0 Å². The van der Waals surface area contributed by atoms with Gasteiger partial charge in [-0.05, 0) is 25.0 Å². The predicted molar refractivity (Wildman–Crippen MR) is 102 cm³/mol. The maximum atomic E-state index is 12.7. The molecular weight excluding hydrogens is 330 g/mol.